The van der Waals surface area contributed by atoms with Crippen molar-refractivity contribution in [3.8, 4) is 22.3 Å². The molecule has 1 aliphatic heterocycles. The van der Waals surface area contributed by atoms with Gasteiger partial charge in [-0.25, -0.2) is 0 Å². The Labute approximate surface area is 358 Å². The van der Waals surface area contributed by atoms with Crippen molar-refractivity contribution in [2.24, 2.45) is 0 Å². The molecular weight excluding hydrogens is 727 g/mol. The van der Waals surface area contributed by atoms with Gasteiger partial charge in [-0.3, -0.25) is 0 Å². The predicted molar refractivity (Wildman–Crippen MR) is 249 cm³/mol. The zero-order valence-electron chi connectivity index (χ0n) is 36.1. The molecule has 7 fully saturated rings. The lowest BCUT2D eigenvalue weighted by molar-refractivity contribution is -0.0694. The summed E-state index contributed by atoms with van der Waals surface area (Å²) in [5.74, 6) is 0. The van der Waals surface area contributed by atoms with E-state index in [1.807, 2.05) is 0 Å². The van der Waals surface area contributed by atoms with E-state index in [1.165, 1.54) is 99.7 Å². The van der Waals surface area contributed by atoms with Crippen LogP contribution >= 0.6 is 0 Å². The van der Waals surface area contributed by atoms with Crippen LogP contribution < -0.4 is 5.46 Å². The molecule has 6 aliphatic carbocycles. The van der Waals surface area contributed by atoms with Gasteiger partial charge in [0.25, 0.3) is 0 Å². The molecule has 4 bridgehead atoms. The van der Waals surface area contributed by atoms with E-state index in [0.717, 1.165) is 18.3 Å². The monoisotopic (exact) mass is 784 g/mol. The Morgan fingerprint density at radius 3 is 1.20 bits per heavy atom. The van der Waals surface area contributed by atoms with Crippen molar-refractivity contribution in [1.82, 2.24) is 0 Å². The molecule has 7 aliphatic rings. The van der Waals surface area contributed by atoms with E-state index < -0.39 is 0 Å². The van der Waals surface area contributed by atoms with Crippen LogP contribution in [0.1, 0.15) is 112 Å². The van der Waals surface area contributed by atoms with E-state index in [-0.39, 0.29) is 18.3 Å². The first-order valence-corrected chi connectivity index (χ1v) is 22.4. The minimum Gasteiger partial charge on any atom is -0.399 e. The van der Waals surface area contributed by atoms with Gasteiger partial charge in [0.2, 0.25) is 0 Å². The van der Waals surface area contributed by atoms with Crippen LogP contribution in [0.15, 0.2) is 152 Å². The molecule has 0 aromatic heterocycles. The highest BCUT2D eigenvalue weighted by atomic mass is 16.7. The van der Waals surface area contributed by atoms with Gasteiger partial charge >= 0.3 is 7.12 Å². The minimum absolute atomic E-state index is 0.303. The molecule has 6 aromatic rings. The second-order valence-corrected chi connectivity index (χ2v) is 20.8. The third kappa shape index (κ3) is 5.98. The van der Waals surface area contributed by atoms with Crippen LogP contribution in [0.4, 0.5) is 0 Å². The van der Waals surface area contributed by atoms with Gasteiger partial charge in [0.15, 0.2) is 0 Å². The fraction of sp³-hybridized carbons (Fsp3) is 0.333. The maximum atomic E-state index is 6.29. The van der Waals surface area contributed by atoms with Crippen molar-refractivity contribution >= 4 is 18.2 Å². The largest absolute Gasteiger partial charge is 0.494 e. The Kier molecular flexibility index (Phi) is 8.41. The van der Waals surface area contributed by atoms with E-state index >= 15 is 0 Å². The Morgan fingerprint density at radius 2 is 0.800 bits per heavy atom. The third-order valence-electron chi connectivity index (χ3n) is 16.4. The first-order chi connectivity index (χ1) is 28.8. The summed E-state index contributed by atoms with van der Waals surface area (Å²) in [6.07, 6.45) is 9.54. The summed E-state index contributed by atoms with van der Waals surface area (Å²) in [4.78, 5) is 0. The molecule has 1 heterocycles. The molecule has 0 N–H and O–H groups in total. The summed E-state index contributed by atoms with van der Waals surface area (Å²) < 4.78 is 12.6. The molecule has 60 heavy (non-hydrogen) atoms. The Bertz CT molecular complexity index is 2540. The van der Waals surface area contributed by atoms with E-state index in [9.17, 15) is 0 Å². The molecule has 6 aromatic carbocycles. The standard InChI is InChI=1S/C57H57BO2/c1-39-7-23-47(24-8-39)54-33-55(34-54,35-54)48-25-19-45(20-26-48)43-13-11-41(12-14-43)10-9-40(2)42-15-17-44(18-16-42)46-21-27-49(28-22-46)56-36-57(37-56,38-56)50-29-31-51(32-30-50)58-59-52(3,4)53(5,6)60-58/h7-8,11-32H,2,9-10,33-38H2,1,3-6H3. The highest BCUT2D eigenvalue weighted by Crippen LogP contribution is 2.74. The Hall–Kier alpha value is -4.96. The average molecular weight is 785 g/mol. The summed E-state index contributed by atoms with van der Waals surface area (Å²) in [6.45, 7) is 15.1. The smallest absolute Gasteiger partial charge is 0.399 e. The SMILES string of the molecule is C=C(CCc1ccc(-c2ccc(C34CC(c5ccc(C)cc5)(C3)C4)cc2)cc1)c1ccc(-c2ccc(C34CC(c5ccc(B6OC(C)(C)C(C)(C)O6)cc5)(C3)C4)cc2)cc1. The van der Waals surface area contributed by atoms with Crippen molar-refractivity contribution in [2.75, 3.05) is 0 Å². The number of hydrogen-bond acceptors (Lipinski definition) is 2. The van der Waals surface area contributed by atoms with Gasteiger partial charge in [-0.05, 0) is 174 Å². The van der Waals surface area contributed by atoms with Crippen molar-refractivity contribution in [1.29, 1.82) is 0 Å². The summed E-state index contributed by atoms with van der Waals surface area (Å²) >= 11 is 0. The molecule has 0 amide bonds. The maximum Gasteiger partial charge on any atom is 0.494 e. The molecule has 13 rings (SSSR count). The number of hydrogen-bond donors (Lipinski definition) is 0. The van der Waals surface area contributed by atoms with Gasteiger partial charge in [0.05, 0.1) is 11.2 Å². The molecule has 0 spiro atoms. The molecule has 0 unspecified atom stereocenters. The van der Waals surface area contributed by atoms with Crippen LogP contribution in [0.25, 0.3) is 27.8 Å². The Balaban J connectivity index is 0.656. The molecular formula is C57H57BO2. The van der Waals surface area contributed by atoms with Crippen molar-refractivity contribution in [3.05, 3.63) is 191 Å². The zero-order valence-corrected chi connectivity index (χ0v) is 36.1. The summed E-state index contributed by atoms with van der Waals surface area (Å²) in [5.41, 5.74) is 18.2. The van der Waals surface area contributed by atoms with Gasteiger partial charge in [-0.1, -0.05) is 158 Å². The average Bonchev–Trinajstić information content (AvgIpc) is 3.42. The van der Waals surface area contributed by atoms with Gasteiger partial charge in [-0.15, -0.1) is 0 Å². The summed E-state index contributed by atoms with van der Waals surface area (Å²) in [6, 6.07) is 55.4. The van der Waals surface area contributed by atoms with Crippen LogP contribution in [-0.4, -0.2) is 18.3 Å². The van der Waals surface area contributed by atoms with Crippen LogP contribution in [0.3, 0.4) is 0 Å². The number of allylic oxidation sites excluding steroid dienone is 1. The first-order valence-electron chi connectivity index (χ1n) is 22.4. The quantitative estimate of drug-likeness (QED) is 0.122. The maximum absolute atomic E-state index is 6.29. The zero-order chi connectivity index (χ0) is 41.1. The molecule has 0 atom stereocenters. The lowest BCUT2D eigenvalue weighted by atomic mass is 9.32. The lowest BCUT2D eigenvalue weighted by Gasteiger charge is -2.71. The summed E-state index contributed by atoms with van der Waals surface area (Å²) in [7, 11) is -0.303. The summed E-state index contributed by atoms with van der Waals surface area (Å²) in [5, 5.41) is 0. The van der Waals surface area contributed by atoms with E-state index in [2.05, 4.69) is 187 Å². The van der Waals surface area contributed by atoms with E-state index in [4.69, 9.17) is 9.31 Å². The third-order valence-corrected chi connectivity index (χ3v) is 16.4. The van der Waals surface area contributed by atoms with Crippen molar-refractivity contribution < 1.29 is 9.31 Å². The number of aryl methyl sites for hydroxylation is 2. The second kappa shape index (κ2) is 13.3. The number of benzene rings is 6. The van der Waals surface area contributed by atoms with Gasteiger partial charge in [0, 0.05) is 0 Å². The van der Waals surface area contributed by atoms with Crippen LogP contribution in [0.2, 0.25) is 0 Å². The van der Waals surface area contributed by atoms with E-state index in [0.29, 0.717) is 21.7 Å². The highest BCUT2D eigenvalue weighted by Gasteiger charge is 2.69. The van der Waals surface area contributed by atoms with Crippen molar-refractivity contribution in [3.63, 3.8) is 0 Å². The van der Waals surface area contributed by atoms with Crippen LogP contribution in [0, 0.1) is 6.92 Å². The molecule has 1 saturated heterocycles. The fourth-order valence-corrected chi connectivity index (χ4v) is 11.9. The topological polar surface area (TPSA) is 18.5 Å². The molecule has 6 saturated carbocycles. The highest BCUT2D eigenvalue weighted by molar-refractivity contribution is 6.62. The van der Waals surface area contributed by atoms with Crippen LogP contribution in [-0.2, 0) is 37.4 Å². The second-order valence-electron chi connectivity index (χ2n) is 20.8. The number of rotatable bonds is 11. The normalized spacial score (nSPS) is 27.6. The van der Waals surface area contributed by atoms with Gasteiger partial charge < -0.3 is 9.31 Å². The minimum atomic E-state index is -0.321. The first kappa shape index (κ1) is 38.0. The predicted octanol–water partition coefficient (Wildman–Crippen LogP) is 13.0. The molecule has 3 heteroatoms. The molecule has 0 radical (unpaired) electrons. The fourth-order valence-electron chi connectivity index (χ4n) is 11.9. The van der Waals surface area contributed by atoms with Gasteiger partial charge in [-0.2, -0.15) is 0 Å². The van der Waals surface area contributed by atoms with Gasteiger partial charge in [0.1, 0.15) is 0 Å². The lowest BCUT2D eigenvalue weighted by Crippen LogP contribution is -2.67. The molecule has 2 nitrogen and oxygen atoms in total. The van der Waals surface area contributed by atoms with Crippen molar-refractivity contribution in [2.45, 2.75) is 119 Å². The molecule has 300 valence electrons. The Morgan fingerprint density at radius 1 is 0.467 bits per heavy atom. The van der Waals surface area contributed by atoms with E-state index in [1.54, 1.807) is 5.56 Å². The van der Waals surface area contributed by atoms with Crippen LogP contribution in [0.5, 0.6) is 0 Å².